The van der Waals surface area contributed by atoms with Crippen molar-refractivity contribution in [3.8, 4) is 5.75 Å². The van der Waals surface area contributed by atoms with Crippen molar-refractivity contribution in [3.05, 3.63) is 30.3 Å². The van der Waals surface area contributed by atoms with E-state index in [1.165, 1.54) is 0 Å². The lowest BCUT2D eigenvalue weighted by Crippen LogP contribution is -2.51. The minimum Gasteiger partial charge on any atom is -0.488 e. The highest BCUT2D eigenvalue weighted by Gasteiger charge is 2.32. The molecule has 24 heavy (non-hydrogen) atoms. The van der Waals surface area contributed by atoms with Gasteiger partial charge in [0, 0.05) is 19.7 Å². The summed E-state index contributed by atoms with van der Waals surface area (Å²) in [7, 11) is 0. The number of carbonyl (C=O) groups excluding carboxylic acids is 1. The third-order valence-electron chi connectivity index (χ3n) is 4.92. The number of likely N-dealkylation sites (tertiary alicyclic amines) is 1. The maximum absolute atomic E-state index is 12.5. The molecule has 2 fully saturated rings. The van der Waals surface area contributed by atoms with Crippen molar-refractivity contribution >= 4 is 6.03 Å². The van der Waals surface area contributed by atoms with Gasteiger partial charge in [0.15, 0.2) is 0 Å². The summed E-state index contributed by atoms with van der Waals surface area (Å²) in [6, 6.07) is 10.00. The zero-order valence-corrected chi connectivity index (χ0v) is 14.4. The molecule has 0 bridgehead atoms. The molecule has 0 unspecified atom stereocenters. The molecular weight excluding hydrogens is 304 g/mol. The van der Waals surface area contributed by atoms with Gasteiger partial charge in [-0.25, -0.2) is 4.79 Å². The van der Waals surface area contributed by atoms with Crippen LogP contribution in [0.25, 0.3) is 0 Å². The lowest BCUT2D eigenvalue weighted by atomic mass is 10.1. The molecule has 5 nitrogen and oxygen atoms in total. The van der Waals surface area contributed by atoms with Crippen LogP contribution < -0.4 is 10.1 Å². The van der Waals surface area contributed by atoms with Crippen LogP contribution in [0.5, 0.6) is 5.75 Å². The van der Waals surface area contributed by atoms with Gasteiger partial charge in [-0.05, 0) is 51.2 Å². The van der Waals surface area contributed by atoms with Crippen molar-refractivity contribution in [2.24, 2.45) is 0 Å². The Morgan fingerprint density at radius 2 is 1.92 bits per heavy atom. The molecule has 1 saturated carbocycles. The Bertz CT molecular complexity index is 515. The van der Waals surface area contributed by atoms with Gasteiger partial charge < -0.3 is 19.7 Å². The fourth-order valence-corrected chi connectivity index (χ4v) is 3.62. The number of para-hydroxylation sites is 1. The Balaban J connectivity index is 1.48. The predicted octanol–water partition coefficient (Wildman–Crippen LogP) is 3.20. The topological polar surface area (TPSA) is 50.8 Å². The summed E-state index contributed by atoms with van der Waals surface area (Å²) in [6.45, 7) is 4.31. The van der Waals surface area contributed by atoms with Crippen LogP contribution in [0, 0.1) is 0 Å². The van der Waals surface area contributed by atoms with Crippen LogP contribution in [0.3, 0.4) is 0 Å². The van der Waals surface area contributed by atoms with E-state index >= 15 is 0 Å². The summed E-state index contributed by atoms with van der Waals surface area (Å²) >= 11 is 0. The van der Waals surface area contributed by atoms with Gasteiger partial charge in [0.2, 0.25) is 0 Å². The number of nitrogens with zero attached hydrogens (tertiary/aromatic N) is 1. The SMILES string of the molecule is CCOC1CCN(C(=O)N[C@H]2CCC[C@H]2Oc2ccccc2)CC1. The van der Waals surface area contributed by atoms with Crippen molar-refractivity contribution in [3.63, 3.8) is 0 Å². The average Bonchev–Trinajstić information content (AvgIpc) is 3.03. The van der Waals surface area contributed by atoms with Crippen LogP contribution in [0.4, 0.5) is 4.79 Å². The number of benzene rings is 1. The number of urea groups is 1. The first kappa shape index (κ1) is 17.1. The van der Waals surface area contributed by atoms with Crippen molar-refractivity contribution in [2.75, 3.05) is 19.7 Å². The zero-order valence-electron chi connectivity index (χ0n) is 14.4. The minimum absolute atomic E-state index is 0.0403. The number of hydrogen-bond donors (Lipinski definition) is 1. The molecule has 1 N–H and O–H groups in total. The second-order valence-electron chi connectivity index (χ2n) is 6.60. The number of amides is 2. The van der Waals surface area contributed by atoms with Crippen LogP contribution >= 0.6 is 0 Å². The van der Waals surface area contributed by atoms with Gasteiger partial charge in [0.1, 0.15) is 11.9 Å². The van der Waals surface area contributed by atoms with Crippen molar-refractivity contribution < 1.29 is 14.3 Å². The van der Waals surface area contributed by atoms with Crippen LogP contribution in [0.1, 0.15) is 39.0 Å². The normalized spacial score (nSPS) is 24.8. The fourth-order valence-electron chi connectivity index (χ4n) is 3.62. The third-order valence-corrected chi connectivity index (χ3v) is 4.92. The first-order valence-electron chi connectivity index (χ1n) is 9.15. The first-order valence-corrected chi connectivity index (χ1v) is 9.15. The van der Waals surface area contributed by atoms with Gasteiger partial charge in [-0.15, -0.1) is 0 Å². The summed E-state index contributed by atoms with van der Waals surface area (Å²) in [6.07, 6.45) is 5.29. The van der Waals surface area contributed by atoms with Crippen molar-refractivity contribution in [2.45, 2.75) is 57.3 Å². The molecule has 0 aromatic heterocycles. The summed E-state index contributed by atoms with van der Waals surface area (Å²) < 4.78 is 11.7. The molecular formula is C19H28N2O3. The van der Waals surface area contributed by atoms with Gasteiger partial charge in [-0.2, -0.15) is 0 Å². The van der Waals surface area contributed by atoms with E-state index in [1.807, 2.05) is 42.2 Å². The van der Waals surface area contributed by atoms with Crippen LogP contribution in [-0.4, -0.2) is 48.9 Å². The Hall–Kier alpha value is -1.75. The highest BCUT2D eigenvalue weighted by molar-refractivity contribution is 5.74. The largest absolute Gasteiger partial charge is 0.488 e. The van der Waals surface area contributed by atoms with Gasteiger partial charge >= 0.3 is 6.03 Å². The van der Waals surface area contributed by atoms with Gasteiger partial charge in [-0.3, -0.25) is 0 Å². The molecule has 1 heterocycles. The molecule has 132 valence electrons. The van der Waals surface area contributed by atoms with E-state index in [1.54, 1.807) is 0 Å². The Morgan fingerprint density at radius 1 is 1.17 bits per heavy atom. The lowest BCUT2D eigenvalue weighted by Gasteiger charge is -2.33. The highest BCUT2D eigenvalue weighted by atomic mass is 16.5. The second kappa shape index (κ2) is 8.38. The van der Waals surface area contributed by atoms with E-state index in [0.717, 1.165) is 57.6 Å². The molecule has 1 aromatic carbocycles. The molecule has 5 heteroatoms. The van der Waals surface area contributed by atoms with Gasteiger partial charge in [0.25, 0.3) is 0 Å². The number of hydrogen-bond acceptors (Lipinski definition) is 3. The van der Waals surface area contributed by atoms with Crippen molar-refractivity contribution in [1.82, 2.24) is 10.2 Å². The van der Waals surface area contributed by atoms with E-state index in [-0.39, 0.29) is 18.2 Å². The first-order chi connectivity index (χ1) is 11.8. The molecule has 2 atom stereocenters. The van der Waals surface area contributed by atoms with E-state index < -0.39 is 0 Å². The molecule has 1 saturated heterocycles. The van der Waals surface area contributed by atoms with E-state index in [4.69, 9.17) is 9.47 Å². The quantitative estimate of drug-likeness (QED) is 0.901. The van der Waals surface area contributed by atoms with Gasteiger partial charge in [-0.1, -0.05) is 18.2 Å². The fraction of sp³-hybridized carbons (Fsp3) is 0.632. The molecule has 1 aliphatic heterocycles. The van der Waals surface area contributed by atoms with E-state index in [9.17, 15) is 4.79 Å². The number of nitrogens with one attached hydrogen (secondary N) is 1. The molecule has 2 amide bonds. The zero-order chi connectivity index (χ0) is 16.8. The van der Waals surface area contributed by atoms with E-state index in [2.05, 4.69) is 5.32 Å². The monoisotopic (exact) mass is 332 g/mol. The van der Waals surface area contributed by atoms with Crippen LogP contribution in [0.15, 0.2) is 30.3 Å². The smallest absolute Gasteiger partial charge is 0.317 e. The summed E-state index contributed by atoms with van der Waals surface area (Å²) in [4.78, 5) is 14.4. The predicted molar refractivity (Wildman–Crippen MR) is 93.2 cm³/mol. The Labute approximate surface area is 144 Å². The number of carbonyl (C=O) groups is 1. The number of piperidine rings is 1. The molecule has 2 aliphatic rings. The van der Waals surface area contributed by atoms with Crippen LogP contribution in [-0.2, 0) is 4.74 Å². The molecule has 0 spiro atoms. The molecule has 0 radical (unpaired) electrons. The second-order valence-corrected chi connectivity index (χ2v) is 6.60. The highest BCUT2D eigenvalue weighted by Crippen LogP contribution is 2.25. The minimum atomic E-state index is 0.0403. The Morgan fingerprint density at radius 3 is 2.62 bits per heavy atom. The average molecular weight is 332 g/mol. The number of ether oxygens (including phenoxy) is 2. The standard InChI is InChI=1S/C19H28N2O3/c1-2-23-15-11-13-21(14-12-15)19(22)20-17-9-6-10-18(17)24-16-7-4-3-5-8-16/h3-5,7-8,15,17-18H,2,6,9-14H2,1H3,(H,20,22)/t17-,18+/m0/s1. The molecule has 1 aliphatic carbocycles. The maximum atomic E-state index is 12.5. The van der Waals surface area contributed by atoms with Crippen LogP contribution in [0.2, 0.25) is 0 Å². The van der Waals surface area contributed by atoms with E-state index in [0.29, 0.717) is 6.10 Å². The maximum Gasteiger partial charge on any atom is 0.317 e. The lowest BCUT2D eigenvalue weighted by molar-refractivity contribution is 0.0214. The summed E-state index contributed by atoms with van der Waals surface area (Å²) in [5.41, 5.74) is 0. The summed E-state index contributed by atoms with van der Waals surface area (Å²) in [5.74, 6) is 0.876. The summed E-state index contributed by atoms with van der Waals surface area (Å²) in [5, 5.41) is 3.19. The Kier molecular flexibility index (Phi) is 5.96. The number of rotatable bonds is 5. The third kappa shape index (κ3) is 4.41. The van der Waals surface area contributed by atoms with Gasteiger partial charge in [0.05, 0.1) is 12.1 Å². The molecule has 1 aromatic rings. The van der Waals surface area contributed by atoms with Crippen molar-refractivity contribution in [1.29, 1.82) is 0 Å². The molecule has 3 rings (SSSR count).